The molecule has 0 heterocycles. The lowest BCUT2D eigenvalue weighted by Gasteiger charge is -2.43. The van der Waals surface area contributed by atoms with Gasteiger partial charge in [-0.1, -0.05) is 89.9 Å². The Morgan fingerprint density at radius 2 is 1.48 bits per heavy atom. The van der Waals surface area contributed by atoms with Gasteiger partial charge in [0.1, 0.15) is 11.9 Å². The van der Waals surface area contributed by atoms with Crippen LogP contribution in [0.25, 0.3) is 0 Å². The summed E-state index contributed by atoms with van der Waals surface area (Å²) < 4.78 is 48.8. The maximum Gasteiger partial charge on any atom is 0.475 e. The number of rotatable bonds is 19. The van der Waals surface area contributed by atoms with Gasteiger partial charge >= 0.3 is 7.82 Å². The minimum atomic E-state index is -3.75. The van der Waals surface area contributed by atoms with Crippen LogP contribution < -0.4 is 9.16 Å². The summed E-state index contributed by atoms with van der Waals surface area (Å²) >= 11 is 0. The number of ether oxygens (including phenoxy) is 2. The zero-order valence-electron chi connectivity index (χ0n) is 28.6. The number of phosphoric acid groups is 1. The lowest BCUT2D eigenvalue weighted by Crippen LogP contribution is -2.51. The zero-order chi connectivity index (χ0) is 32.8. The Hall–Kier alpha value is -2.11. The van der Waals surface area contributed by atoms with Crippen LogP contribution in [-0.2, 0) is 35.9 Å². The monoisotopic (exact) mass is 646 g/mol. The third-order valence-corrected chi connectivity index (χ3v) is 15.5. The largest absolute Gasteiger partial charge is 0.540 e. The summed E-state index contributed by atoms with van der Waals surface area (Å²) in [6, 6.07) is 14.2. The lowest BCUT2D eigenvalue weighted by molar-refractivity contribution is 0.0687. The first-order chi connectivity index (χ1) is 20.9. The molecular weight excluding hydrogens is 591 g/mol. The molecule has 44 heavy (non-hydrogen) atoms. The van der Waals surface area contributed by atoms with Gasteiger partial charge in [0.15, 0.2) is 5.75 Å². The van der Waals surface area contributed by atoms with Gasteiger partial charge in [-0.25, -0.2) is 4.57 Å². The van der Waals surface area contributed by atoms with E-state index in [2.05, 4.69) is 72.4 Å². The number of phosphoric ester groups is 1. The molecule has 0 unspecified atom stereocenters. The standard InChI is InChI=1S/C35H55O7PSi/c1-11-39-43(36,40-12-2)41-33(24-25-38-26-31-18-14-13-15-19-31)21-17-16-20-32-23-22-30(9)34(37-10)35(32)42-44(27(3)4,28(5)6)29(7)8/h13-15,18-19,22-23,27-29,33H,11-12,16,20,24-26H2,1-10H3/t33-/m0/s1. The minimum absolute atomic E-state index is 0.202. The highest BCUT2D eigenvalue weighted by Gasteiger charge is 2.47. The van der Waals surface area contributed by atoms with E-state index in [0.29, 0.717) is 49.1 Å². The van der Waals surface area contributed by atoms with Crippen molar-refractivity contribution in [1.82, 2.24) is 0 Å². The number of aryl methyl sites for hydroxylation is 2. The van der Waals surface area contributed by atoms with Gasteiger partial charge in [-0.05, 0) is 60.5 Å². The molecule has 0 aromatic heterocycles. The van der Waals surface area contributed by atoms with Crippen molar-refractivity contribution in [3.63, 3.8) is 0 Å². The highest BCUT2D eigenvalue weighted by molar-refractivity contribution is 7.48. The van der Waals surface area contributed by atoms with Crippen molar-refractivity contribution in [3.05, 3.63) is 59.2 Å². The fourth-order valence-corrected chi connectivity index (χ4v) is 12.4. The summed E-state index contributed by atoms with van der Waals surface area (Å²) in [5, 5.41) is 0. The zero-order valence-corrected chi connectivity index (χ0v) is 30.5. The third kappa shape index (κ3) is 10.8. The normalized spacial score (nSPS) is 12.8. The van der Waals surface area contributed by atoms with Crippen molar-refractivity contribution in [2.24, 2.45) is 0 Å². The quantitative estimate of drug-likeness (QED) is 0.0651. The van der Waals surface area contributed by atoms with Crippen LogP contribution in [0.5, 0.6) is 11.5 Å². The topological polar surface area (TPSA) is 72.5 Å². The molecule has 9 heteroatoms. The van der Waals surface area contributed by atoms with Gasteiger partial charge in [0, 0.05) is 12.8 Å². The summed E-state index contributed by atoms with van der Waals surface area (Å²) in [4.78, 5) is 0. The van der Waals surface area contributed by atoms with E-state index < -0.39 is 22.2 Å². The second-order valence-electron chi connectivity index (χ2n) is 11.8. The van der Waals surface area contributed by atoms with Gasteiger partial charge in [-0.2, -0.15) is 0 Å². The first kappa shape index (κ1) is 38.1. The fraction of sp³-hybridized carbons (Fsp3) is 0.600. The first-order valence-electron chi connectivity index (χ1n) is 16.0. The average Bonchev–Trinajstić information content (AvgIpc) is 2.97. The van der Waals surface area contributed by atoms with Gasteiger partial charge in [-0.3, -0.25) is 13.6 Å². The summed E-state index contributed by atoms with van der Waals surface area (Å²) in [5.74, 6) is 8.07. The summed E-state index contributed by atoms with van der Waals surface area (Å²) in [6.07, 6.45) is 0.965. The Kier molecular flexibility index (Phi) is 16.2. The SMILES string of the molecule is CCOP(=O)(OCC)O[C@@H](C#CCCc1ccc(C)c(OC)c1O[Si](C(C)C)(C(C)C)C(C)C)CCOCc1ccccc1. The van der Waals surface area contributed by atoms with E-state index in [9.17, 15) is 4.57 Å². The molecule has 0 amide bonds. The molecule has 0 aliphatic carbocycles. The molecule has 0 saturated heterocycles. The molecule has 0 fully saturated rings. The Morgan fingerprint density at radius 1 is 0.864 bits per heavy atom. The number of hydrogen-bond donors (Lipinski definition) is 0. The van der Waals surface area contributed by atoms with Crippen LogP contribution in [0, 0.1) is 18.8 Å². The van der Waals surface area contributed by atoms with Gasteiger partial charge < -0.3 is 13.9 Å². The number of methoxy groups -OCH3 is 1. The van der Waals surface area contributed by atoms with Crippen LogP contribution in [-0.4, -0.2) is 41.4 Å². The first-order valence-corrected chi connectivity index (χ1v) is 19.6. The van der Waals surface area contributed by atoms with Crippen molar-refractivity contribution >= 4 is 16.1 Å². The van der Waals surface area contributed by atoms with Crippen LogP contribution in [0.3, 0.4) is 0 Å². The van der Waals surface area contributed by atoms with Crippen molar-refractivity contribution in [3.8, 4) is 23.3 Å². The second kappa shape index (κ2) is 18.8. The lowest BCUT2D eigenvalue weighted by atomic mass is 10.0. The van der Waals surface area contributed by atoms with E-state index in [1.807, 2.05) is 30.3 Å². The molecular formula is C35H55O7PSi. The minimum Gasteiger partial charge on any atom is -0.540 e. The van der Waals surface area contributed by atoms with Gasteiger partial charge in [0.2, 0.25) is 0 Å². The smallest absolute Gasteiger partial charge is 0.475 e. The predicted octanol–water partition coefficient (Wildman–Crippen LogP) is 9.67. The Balaban J connectivity index is 2.29. The van der Waals surface area contributed by atoms with E-state index in [0.717, 1.165) is 28.2 Å². The molecule has 2 aromatic carbocycles. The van der Waals surface area contributed by atoms with E-state index >= 15 is 0 Å². The molecule has 0 spiro atoms. The van der Waals surface area contributed by atoms with Crippen LogP contribution in [0.15, 0.2) is 42.5 Å². The molecule has 246 valence electrons. The highest BCUT2D eigenvalue weighted by atomic mass is 31.2. The third-order valence-electron chi connectivity index (χ3n) is 7.83. The summed E-state index contributed by atoms with van der Waals surface area (Å²) in [7, 11) is -4.28. The van der Waals surface area contributed by atoms with E-state index in [4.69, 9.17) is 27.5 Å². The highest BCUT2D eigenvalue weighted by Crippen LogP contribution is 2.51. The summed E-state index contributed by atoms with van der Waals surface area (Å²) in [5.41, 5.74) is 4.47. The molecule has 1 atom stereocenters. The maximum absolute atomic E-state index is 13.2. The number of hydrogen-bond acceptors (Lipinski definition) is 7. The molecule has 0 radical (unpaired) electrons. The van der Waals surface area contributed by atoms with E-state index in [1.165, 1.54) is 0 Å². The molecule has 7 nitrogen and oxygen atoms in total. The van der Waals surface area contributed by atoms with Crippen LogP contribution in [0.2, 0.25) is 16.6 Å². The molecule has 0 N–H and O–H groups in total. The Bertz CT molecular complexity index is 1210. The van der Waals surface area contributed by atoms with Crippen molar-refractivity contribution < 1.29 is 32.0 Å². The fourth-order valence-electron chi connectivity index (χ4n) is 5.85. The molecule has 0 aliphatic rings. The molecule has 0 bridgehead atoms. The van der Waals surface area contributed by atoms with E-state index in [-0.39, 0.29) is 13.2 Å². The summed E-state index contributed by atoms with van der Waals surface area (Å²) in [6.45, 7) is 20.5. The van der Waals surface area contributed by atoms with Crippen LogP contribution in [0.1, 0.15) is 84.9 Å². The van der Waals surface area contributed by atoms with Gasteiger partial charge in [-0.15, -0.1) is 5.92 Å². The van der Waals surface area contributed by atoms with Gasteiger partial charge in [0.05, 0.1) is 33.5 Å². The van der Waals surface area contributed by atoms with Crippen molar-refractivity contribution in [2.45, 2.75) is 111 Å². The van der Waals surface area contributed by atoms with Crippen LogP contribution >= 0.6 is 7.82 Å². The Morgan fingerprint density at radius 3 is 2.02 bits per heavy atom. The van der Waals surface area contributed by atoms with Crippen molar-refractivity contribution in [1.29, 1.82) is 0 Å². The molecule has 2 aromatic rings. The second-order valence-corrected chi connectivity index (χ2v) is 18.8. The predicted molar refractivity (Wildman–Crippen MR) is 182 cm³/mol. The van der Waals surface area contributed by atoms with E-state index in [1.54, 1.807) is 21.0 Å². The average molecular weight is 647 g/mol. The van der Waals surface area contributed by atoms with Crippen molar-refractivity contribution in [2.75, 3.05) is 26.9 Å². The molecule has 0 saturated carbocycles. The molecule has 0 aliphatic heterocycles. The van der Waals surface area contributed by atoms with Crippen LogP contribution in [0.4, 0.5) is 0 Å². The number of benzene rings is 2. The molecule has 2 rings (SSSR count). The van der Waals surface area contributed by atoms with Gasteiger partial charge in [0.25, 0.3) is 8.32 Å². The Labute approximate surface area is 268 Å². The maximum atomic E-state index is 13.2.